The van der Waals surface area contributed by atoms with Gasteiger partial charge in [-0.3, -0.25) is 14.5 Å². The second-order valence-corrected chi connectivity index (χ2v) is 10.2. The Hall–Kier alpha value is -1.40. The highest BCUT2D eigenvalue weighted by molar-refractivity contribution is 7.11. The van der Waals surface area contributed by atoms with Crippen LogP contribution in [-0.4, -0.2) is 54.8 Å². The van der Waals surface area contributed by atoms with Crippen molar-refractivity contribution in [3.8, 4) is 0 Å². The van der Waals surface area contributed by atoms with Crippen LogP contribution in [0.1, 0.15) is 42.4 Å². The zero-order valence-corrected chi connectivity index (χ0v) is 17.5. The van der Waals surface area contributed by atoms with Crippen LogP contribution < -0.4 is 5.32 Å². The van der Waals surface area contributed by atoms with Gasteiger partial charge in [0.05, 0.1) is 5.41 Å². The number of carbonyl (C=O) groups is 2. The summed E-state index contributed by atoms with van der Waals surface area (Å²) in [4.78, 5) is 32.2. The standard InChI is InChI=1S/C21H31N3O2S/c1-15-4-5-17(27-15)12-23-10-8-20(9-11-23)6-7-21(19(26)22-3)14-24(16(2)25)13-18(20)21/h4-5,18H,6-14H2,1-3H3,(H,22,26)/t18-,21+/m1/s1. The fraction of sp³-hybridized carbons (Fsp3) is 0.714. The molecule has 0 bridgehead atoms. The van der Waals surface area contributed by atoms with Gasteiger partial charge >= 0.3 is 0 Å². The normalized spacial score (nSPS) is 29.9. The minimum atomic E-state index is -0.368. The Morgan fingerprint density at radius 1 is 1.22 bits per heavy atom. The van der Waals surface area contributed by atoms with Gasteiger partial charge in [-0.25, -0.2) is 0 Å². The summed E-state index contributed by atoms with van der Waals surface area (Å²) in [6, 6.07) is 4.45. The molecule has 1 spiro atoms. The van der Waals surface area contributed by atoms with Crippen LogP contribution in [0.5, 0.6) is 0 Å². The first kappa shape index (κ1) is 18.9. The summed E-state index contributed by atoms with van der Waals surface area (Å²) in [5.74, 6) is 0.554. The van der Waals surface area contributed by atoms with E-state index in [1.807, 2.05) is 16.2 Å². The monoisotopic (exact) mass is 389 g/mol. The third-order valence-corrected chi connectivity index (χ3v) is 8.49. The number of nitrogens with one attached hydrogen (secondary N) is 1. The summed E-state index contributed by atoms with van der Waals surface area (Å²) in [6.45, 7) is 8.39. The summed E-state index contributed by atoms with van der Waals surface area (Å²) in [5, 5.41) is 2.91. The molecule has 2 atom stereocenters. The first-order valence-electron chi connectivity index (χ1n) is 10.1. The Labute approximate surface area is 166 Å². The molecular formula is C21H31N3O2S. The lowest BCUT2D eigenvalue weighted by atomic mass is 9.65. The smallest absolute Gasteiger partial charge is 0.228 e. The van der Waals surface area contributed by atoms with Crippen LogP contribution in [-0.2, 0) is 16.1 Å². The van der Waals surface area contributed by atoms with Crippen LogP contribution in [0, 0.1) is 23.7 Å². The van der Waals surface area contributed by atoms with Crippen LogP contribution in [0.2, 0.25) is 0 Å². The van der Waals surface area contributed by atoms with Crippen molar-refractivity contribution in [3.05, 3.63) is 21.9 Å². The van der Waals surface area contributed by atoms with Crippen molar-refractivity contribution in [2.75, 3.05) is 33.2 Å². The number of amides is 2. The van der Waals surface area contributed by atoms with Crippen molar-refractivity contribution in [3.63, 3.8) is 0 Å². The molecule has 4 rings (SSSR count). The quantitative estimate of drug-likeness (QED) is 0.865. The van der Waals surface area contributed by atoms with Crippen molar-refractivity contribution in [1.82, 2.24) is 15.1 Å². The molecule has 3 fully saturated rings. The van der Waals surface area contributed by atoms with E-state index in [1.165, 1.54) is 9.75 Å². The predicted octanol–water partition coefficient (Wildman–Crippen LogP) is 2.64. The zero-order chi connectivity index (χ0) is 19.2. The van der Waals surface area contributed by atoms with E-state index < -0.39 is 0 Å². The molecule has 1 N–H and O–H groups in total. The summed E-state index contributed by atoms with van der Waals surface area (Å²) < 4.78 is 0. The number of fused-ring (bicyclic) bond motifs is 2. The zero-order valence-electron chi connectivity index (χ0n) is 16.7. The van der Waals surface area contributed by atoms with Gasteiger partial charge in [0.1, 0.15) is 0 Å². The maximum absolute atomic E-state index is 12.9. The van der Waals surface area contributed by atoms with Gasteiger partial charge in [-0.15, -0.1) is 11.3 Å². The average Bonchev–Trinajstić information content (AvgIpc) is 3.32. The Morgan fingerprint density at radius 2 is 1.96 bits per heavy atom. The van der Waals surface area contributed by atoms with Crippen molar-refractivity contribution in [2.24, 2.45) is 16.7 Å². The number of rotatable bonds is 3. The predicted molar refractivity (Wildman–Crippen MR) is 107 cm³/mol. The molecule has 3 aliphatic rings. The van der Waals surface area contributed by atoms with E-state index >= 15 is 0 Å². The van der Waals surface area contributed by atoms with E-state index in [-0.39, 0.29) is 22.6 Å². The summed E-state index contributed by atoms with van der Waals surface area (Å²) in [7, 11) is 1.74. The molecule has 5 nitrogen and oxygen atoms in total. The van der Waals surface area contributed by atoms with E-state index in [0.29, 0.717) is 12.5 Å². The Balaban J connectivity index is 1.49. The van der Waals surface area contributed by atoms with Crippen LogP contribution in [0.3, 0.4) is 0 Å². The summed E-state index contributed by atoms with van der Waals surface area (Å²) in [5.41, 5.74) is -0.147. The minimum absolute atomic E-state index is 0.105. The number of thiophene rings is 1. The highest BCUT2D eigenvalue weighted by Crippen LogP contribution is 2.62. The molecule has 1 saturated carbocycles. The Morgan fingerprint density at radius 3 is 2.56 bits per heavy atom. The van der Waals surface area contributed by atoms with Gasteiger partial charge in [-0.05, 0) is 69.2 Å². The number of piperidine rings is 1. The molecule has 2 amide bonds. The van der Waals surface area contributed by atoms with Gasteiger partial charge in [0.15, 0.2) is 0 Å². The molecule has 148 valence electrons. The second-order valence-electron chi connectivity index (χ2n) is 8.84. The fourth-order valence-corrected chi connectivity index (χ4v) is 6.90. The first-order chi connectivity index (χ1) is 12.9. The van der Waals surface area contributed by atoms with Crippen molar-refractivity contribution in [1.29, 1.82) is 0 Å². The molecule has 2 saturated heterocycles. The topological polar surface area (TPSA) is 52.7 Å². The fourth-order valence-electron chi connectivity index (χ4n) is 5.97. The van der Waals surface area contributed by atoms with E-state index in [0.717, 1.165) is 51.9 Å². The molecule has 6 heteroatoms. The highest BCUT2D eigenvalue weighted by Gasteiger charge is 2.64. The first-order valence-corrected chi connectivity index (χ1v) is 11.0. The van der Waals surface area contributed by atoms with E-state index in [1.54, 1.807) is 14.0 Å². The number of aryl methyl sites for hydroxylation is 1. The van der Waals surface area contributed by atoms with Gasteiger partial charge in [0.2, 0.25) is 11.8 Å². The Kier molecular flexibility index (Phi) is 4.83. The van der Waals surface area contributed by atoms with Gasteiger partial charge < -0.3 is 10.2 Å². The molecule has 0 radical (unpaired) electrons. The largest absolute Gasteiger partial charge is 0.359 e. The molecule has 0 unspecified atom stereocenters. The van der Waals surface area contributed by atoms with Crippen LogP contribution in [0.4, 0.5) is 0 Å². The SMILES string of the molecule is CNC(=O)[C@]12CCC3(CCN(Cc4ccc(C)s4)CC3)[C@H]1CN(C(C)=O)C2. The van der Waals surface area contributed by atoms with Gasteiger partial charge in [-0.2, -0.15) is 0 Å². The maximum Gasteiger partial charge on any atom is 0.228 e. The third kappa shape index (κ3) is 3.11. The molecule has 1 aliphatic carbocycles. The number of hydrogen-bond donors (Lipinski definition) is 1. The van der Waals surface area contributed by atoms with E-state index in [2.05, 4.69) is 29.3 Å². The molecule has 3 heterocycles. The number of nitrogens with zero attached hydrogens (tertiary/aromatic N) is 2. The molecule has 1 aromatic heterocycles. The van der Waals surface area contributed by atoms with Gasteiger partial charge in [0, 0.05) is 43.4 Å². The van der Waals surface area contributed by atoms with Crippen molar-refractivity contribution < 1.29 is 9.59 Å². The molecular weight excluding hydrogens is 358 g/mol. The lowest BCUT2D eigenvalue weighted by Gasteiger charge is -2.44. The number of carbonyl (C=O) groups excluding carboxylic acids is 2. The molecule has 2 aliphatic heterocycles. The lowest BCUT2D eigenvalue weighted by molar-refractivity contribution is -0.133. The lowest BCUT2D eigenvalue weighted by Crippen LogP contribution is -2.48. The molecule has 1 aromatic rings. The minimum Gasteiger partial charge on any atom is -0.359 e. The number of hydrogen-bond acceptors (Lipinski definition) is 4. The summed E-state index contributed by atoms with van der Waals surface area (Å²) >= 11 is 1.89. The van der Waals surface area contributed by atoms with Gasteiger partial charge in [0.25, 0.3) is 0 Å². The van der Waals surface area contributed by atoms with Crippen LogP contribution in [0.25, 0.3) is 0 Å². The number of likely N-dealkylation sites (tertiary alicyclic amines) is 2. The van der Waals surface area contributed by atoms with Crippen LogP contribution in [0.15, 0.2) is 12.1 Å². The van der Waals surface area contributed by atoms with E-state index in [9.17, 15) is 9.59 Å². The highest BCUT2D eigenvalue weighted by atomic mass is 32.1. The van der Waals surface area contributed by atoms with Crippen LogP contribution >= 0.6 is 11.3 Å². The second kappa shape index (κ2) is 6.89. The van der Waals surface area contributed by atoms with Crippen molar-refractivity contribution in [2.45, 2.75) is 46.1 Å². The van der Waals surface area contributed by atoms with E-state index in [4.69, 9.17) is 0 Å². The maximum atomic E-state index is 12.9. The third-order valence-electron chi connectivity index (χ3n) is 7.50. The summed E-state index contributed by atoms with van der Waals surface area (Å²) in [6.07, 6.45) is 4.34. The Bertz CT molecular complexity index is 738. The molecule has 27 heavy (non-hydrogen) atoms. The van der Waals surface area contributed by atoms with Crippen molar-refractivity contribution >= 4 is 23.2 Å². The molecule has 0 aromatic carbocycles. The van der Waals surface area contributed by atoms with Gasteiger partial charge in [-0.1, -0.05) is 0 Å². The average molecular weight is 390 g/mol.